The Bertz CT molecular complexity index is 935. The quantitative estimate of drug-likeness (QED) is 0.772. The van der Waals surface area contributed by atoms with E-state index in [1.54, 1.807) is 31.2 Å². The third-order valence-electron chi connectivity index (χ3n) is 4.75. The molecule has 0 spiro atoms. The maximum Gasteiger partial charge on any atom is 0.325 e. The van der Waals surface area contributed by atoms with Crippen LogP contribution in [0.1, 0.15) is 12.5 Å². The maximum absolute atomic E-state index is 13.6. The van der Waals surface area contributed by atoms with Crippen molar-refractivity contribution in [2.24, 2.45) is 0 Å². The molecule has 0 saturated carbocycles. The molecule has 2 aromatic carbocycles. The highest BCUT2D eigenvalue weighted by Gasteiger charge is 2.47. The van der Waals surface area contributed by atoms with Crippen molar-refractivity contribution in [2.45, 2.75) is 18.9 Å². The van der Waals surface area contributed by atoms with Crippen LogP contribution in [-0.4, -0.2) is 42.3 Å². The molecule has 0 bridgehead atoms. The monoisotopic (exact) mass is 386 g/mol. The minimum Gasteiger partial charge on any atom is -0.489 e. The van der Waals surface area contributed by atoms with Gasteiger partial charge < -0.3 is 19.5 Å². The summed E-state index contributed by atoms with van der Waals surface area (Å²) in [5.41, 5.74) is -0.243. The van der Waals surface area contributed by atoms with Gasteiger partial charge in [-0.15, -0.1) is 0 Å². The molecule has 2 aliphatic heterocycles. The van der Waals surface area contributed by atoms with Crippen molar-refractivity contribution in [1.29, 1.82) is 0 Å². The number of carbonyl (C=O) groups is 2. The first-order chi connectivity index (χ1) is 13.5. The van der Waals surface area contributed by atoms with Crippen molar-refractivity contribution in [3.63, 3.8) is 0 Å². The van der Waals surface area contributed by atoms with Crippen molar-refractivity contribution < 1.29 is 28.2 Å². The molecule has 0 radical (unpaired) electrons. The van der Waals surface area contributed by atoms with Crippen LogP contribution in [0.25, 0.3) is 0 Å². The van der Waals surface area contributed by atoms with Crippen LogP contribution in [0, 0.1) is 5.82 Å². The fourth-order valence-electron chi connectivity index (χ4n) is 3.34. The molecule has 2 heterocycles. The minimum absolute atomic E-state index is 0.000196. The van der Waals surface area contributed by atoms with E-state index in [-0.39, 0.29) is 31.6 Å². The second-order valence-electron chi connectivity index (χ2n) is 6.86. The van der Waals surface area contributed by atoms with Crippen molar-refractivity contribution in [1.82, 2.24) is 10.2 Å². The number of nitrogens with one attached hydrogen (secondary N) is 1. The van der Waals surface area contributed by atoms with Gasteiger partial charge in [0, 0.05) is 6.42 Å². The topological polar surface area (TPSA) is 77.1 Å². The number of hydrogen-bond acceptors (Lipinski definition) is 5. The van der Waals surface area contributed by atoms with Gasteiger partial charge in [0.15, 0.2) is 23.1 Å². The van der Waals surface area contributed by atoms with E-state index in [0.717, 1.165) is 10.5 Å². The highest BCUT2D eigenvalue weighted by molar-refractivity contribution is 6.07. The standard InChI is InChI=1S/C20H19FN2O5/c1-20(11-13-6-7-16-17(10-13)28-12-27-16)18(24)23(19(25)22-20)8-9-26-15-5-3-2-4-14(15)21/h2-7,10H,8-9,11-12H2,1H3,(H,22,25)/t20-/m1/s1. The predicted molar refractivity (Wildman–Crippen MR) is 96.8 cm³/mol. The lowest BCUT2D eigenvalue weighted by Crippen LogP contribution is -2.46. The molecular formula is C20H19FN2O5. The largest absolute Gasteiger partial charge is 0.489 e. The summed E-state index contributed by atoms with van der Waals surface area (Å²) in [5.74, 6) is 0.507. The summed E-state index contributed by atoms with van der Waals surface area (Å²) in [6.45, 7) is 1.87. The Kier molecular flexibility index (Phi) is 4.54. The number of benzene rings is 2. The Hall–Kier alpha value is -3.29. The molecule has 0 aliphatic carbocycles. The number of ether oxygens (including phenoxy) is 3. The fourth-order valence-corrected chi connectivity index (χ4v) is 3.34. The van der Waals surface area contributed by atoms with Gasteiger partial charge in [-0.3, -0.25) is 9.69 Å². The molecule has 4 rings (SSSR count). The van der Waals surface area contributed by atoms with Crippen LogP contribution in [-0.2, 0) is 11.2 Å². The molecule has 1 N–H and O–H groups in total. The summed E-state index contributed by atoms with van der Waals surface area (Å²) in [6, 6.07) is 10.9. The van der Waals surface area contributed by atoms with E-state index in [9.17, 15) is 14.0 Å². The lowest BCUT2D eigenvalue weighted by Gasteiger charge is -2.22. The molecule has 1 atom stereocenters. The molecule has 146 valence electrons. The van der Waals surface area contributed by atoms with Crippen LogP contribution >= 0.6 is 0 Å². The van der Waals surface area contributed by atoms with E-state index >= 15 is 0 Å². The SMILES string of the molecule is C[C@]1(Cc2ccc3c(c2)OCO3)NC(=O)N(CCOc2ccccc2F)C1=O. The highest BCUT2D eigenvalue weighted by Crippen LogP contribution is 2.34. The van der Waals surface area contributed by atoms with E-state index in [4.69, 9.17) is 14.2 Å². The first kappa shape index (κ1) is 18.1. The van der Waals surface area contributed by atoms with Crippen LogP contribution < -0.4 is 19.5 Å². The normalized spacial score (nSPS) is 20.4. The van der Waals surface area contributed by atoms with Gasteiger partial charge in [0.1, 0.15) is 12.1 Å². The summed E-state index contributed by atoms with van der Waals surface area (Å²) in [7, 11) is 0. The van der Waals surface area contributed by atoms with Crippen molar-refractivity contribution in [3.05, 3.63) is 53.8 Å². The molecule has 7 nitrogen and oxygen atoms in total. The number of hydrogen-bond donors (Lipinski definition) is 1. The number of carbonyl (C=O) groups excluding carboxylic acids is 2. The number of amides is 3. The molecule has 3 amide bonds. The van der Waals surface area contributed by atoms with Crippen molar-refractivity contribution in [2.75, 3.05) is 19.9 Å². The van der Waals surface area contributed by atoms with Gasteiger partial charge in [-0.1, -0.05) is 18.2 Å². The molecule has 8 heteroatoms. The lowest BCUT2D eigenvalue weighted by molar-refractivity contribution is -0.131. The molecule has 2 aromatic rings. The summed E-state index contributed by atoms with van der Waals surface area (Å²) < 4.78 is 29.6. The van der Waals surface area contributed by atoms with Gasteiger partial charge in [0.05, 0.1) is 6.54 Å². The van der Waals surface area contributed by atoms with E-state index in [0.29, 0.717) is 17.9 Å². The minimum atomic E-state index is -1.08. The molecule has 28 heavy (non-hydrogen) atoms. The molecule has 0 unspecified atom stereocenters. The summed E-state index contributed by atoms with van der Waals surface area (Å²) in [4.78, 5) is 26.2. The van der Waals surface area contributed by atoms with Gasteiger partial charge >= 0.3 is 6.03 Å². The zero-order valence-corrected chi connectivity index (χ0v) is 15.2. The number of para-hydroxylation sites is 1. The number of halogens is 1. The molecular weight excluding hydrogens is 367 g/mol. The zero-order chi connectivity index (χ0) is 19.7. The van der Waals surface area contributed by atoms with Crippen LogP contribution in [0.3, 0.4) is 0 Å². The second-order valence-corrected chi connectivity index (χ2v) is 6.86. The van der Waals surface area contributed by atoms with Gasteiger partial charge in [0.2, 0.25) is 6.79 Å². The van der Waals surface area contributed by atoms with Gasteiger partial charge in [-0.2, -0.15) is 0 Å². The Labute approximate surface area is 161 Å². The zero-order valence-electron chi connectivity index (χ0n) is 15.2. The van der Waals surface area contributed by atoms with E-state index in [1.807, 2.05) is 6.07 Å². The van der Waals surface area contributed by atoms with Crippen molar-refractivity contribution in [3.8, 4) is 17.2 Å². The molecule has 1 saturated heterocycles. The van der Waals surface area contributed by atoms with E-state index in [2.05, 4.69) is 5.32 Å². The summed E-state index contributed by atoms with van der Waals surface area (Å²) in [6.07, 6.45) is 0.304. The number of rotatable bonds is 6. The predicted octanol–water partition coefficient (Wildman–Crippen LogP) is 2.49. The summed E-state index contributed by atoms with van der Waals surface area (Å²) in [5, 5.41) is 2.74. The third-order valence-corrected chi connectivity index (χ3v) is 4.75. The average Bonchev–Trinajstić information content (AvgIpc) is 3.20. The fraction of sp³-hybridized carbons (Fsp3) is 0.300. The lowest BCUT2D eigenvalue weighted by atomic mass is 9.92. The summed E-state index contributed by atoms with van der Waals surface area (Å²) >= 11 is 0. The van der Waals surface area contributed by atoms with Gasteiger partial charge in [-0.05, 0) is 36.8 Å². The number of imide groups is 1. The Balaban J connectivity index is 1.40. The van der Waals surface area contributed by atoms with Gasteiger partial charge in [0.25, 0.3) is 5.91 Å². The van der Waals surface area contributed by atoms with Crippen LogP contribution in [0.15, 0.2) is 42.5 Å². The van der Waals surface area contributed by atoms with Crippen LogP contribution in [0.5, 0.6) is 17.2 Å². The Morgan fingerprint density at radius 2 is 1.96 bits per heavy atom. The van der Waals surface area contributed by atoms with Gasteiger partial charge in [-0.25, -0.2) is 9.18 Å². The van der Waals surface area contributed by atoms with E-state index in [1.165, 1.54) is 12.1 Å². The smallest absolute Gasteiger partial charge is 0.325 e. The Morgan fingerprint density at radius 3 is 2.79 bits per heavy atom. The van der Waals surface area contributed by atoms with Crippen LogP contribution in [0.4, 0.5) is 9.18 Å². The average molecular weight is 386 g/mol. The highest BCUT2D eigenvalue weighted by atomic mass is 19.1. The maximum atomic E-state index is 13.6. The Morgan fingerprint density at radius 1 is 1.18 bits per heavy atom. The second kappa shape index (κ2) is 7.03. The molecule has 0 aromatic heterocycles. The number of urea groups is 1. The number of fused-ring (bicyclic) bond motifs is 1. The third kappa shape index (κ3) is 3.33. The number of nitrogens with zero attached hydrogens (tertiary/aromatic N) is 1. The van der Waals surface area contributed by atoms with Crippen molar-refractivity contribution >= 4 is 11.9 Å². The van der Waals surface area contributed by atoms with Crippen LogP contribution in [0.2, 0.25) is 0 Å². The first-order valence-corrected chi connectivity index (χ1v) is 8.86. The van der Waals surface area contributed by atoms with E-state index < -0.39 is 17.4 Å². The molecule has 1 fully saturated rings. The molecule has 2 aliphatic rings. The first-order valence-electron chi connectivity index (χ1n) is 8.86.